The summed E-state index contributed by atoms with van der Waals surface area (Å²) in [6.07, 6.45) is 0.682. The number of halogens is 2. The van der Waals surface area contributed by atoms with Gasteiger partial charge in [-0.15, -0.1) is 5.10 Å². The van der Waals surface area contributed by atoms with Crippen LogP contribution in [0.4, 0.5) is 8.78 Å². The van der Waals surface area contributed by atoms with Gasteiger partial charge in [-0.3, -0.25) is 9.98 Å². The Bertz CT molecular complexity index is 716. The monoisotopic (exact) mass is 313 g/mol. The molecule has 2 rings (SSSR count). The van der Waals surface area contributed by atoms with Gasteiger partial charge in [0.1, 0.15) is 17.5 Å². The Morgan fingerprint density at radius 2 is 2.10 bits per heavy atom. The number of nitrogens with one attached hydrogen (secondary N) is 2. The lowest BCUT2D eigenvalue weighted by Crippen LogP contribution is -2.17. The van der Waals surface area contributed by atoms with Gasteiger partial charge in [-0.25, -0.2) is 18.7 Å². The number of aromatic nitrogens is 3. The summed E-state index contributed by atoms with van der Waals surface area (Å²) < 4.78 is 29.2. The van der Waals surface area contributed by atoms with Crippen molar-refractivity contribution in [3.05, 3.63) is 39.8 Å². The molecule has 0 fully saturated rings. The first-order valence-corrected chi connectivity index (χ1v) is 6.92. The maximum Gasteiger partial charge on any atom is 0.343 e. The molecule has 112 valence electrons. The van der Waals surface area contributed by atoms with Crippen LogP contribution in [0.5, 0.6) is 0 Å². The molecule has 21 heavy (non-hydrogen) atoms. The van der Waals surface area contributed by atoms with Crippen molar-refractivity contribution in [3.8, 4) is 0 Å². The summed E-state index contributed by atoms with van der Waals surface area (Å²) in [4.78, 5) is 11.2. The molecule has 0 saturated heterocycles. The fourth-order valence-corrected chi connectivity index (χ4v) is 2.58. The molecule has 1 aromatic heterocycles. The van der Waals surface area contributed by atoms with E-state index in [1.807, 2.05) is 6.92 Å². The molecular weight excluding hydrogens is 300 g/mol. The first-order chi connectivity index (χ1) is 9.93. The van der Waals surface area contributed by atoms with E-state index in [1.165, 1.54) is 4.57 Å². The highest BCUT2D eigenvalue weighted by Gasteiger charge is 2.17. The average Bonchev–Trinajstić information content (AvgIpc) is 2.75. The topological polar surface area (TPSA) is 101 Å². The van der Waals surface area contributed by atoms with Gasteiger partial charge >= 0.3 is 5.69 Å². The van der Waals surface area contributed by atoms with Gasteiger partial charge in [-0.05, 0) is 30.3 Å². The van der Waals surface area contributed by atoms with Crippen LogP contribution in [-0.4, -0.2) is 20.6 Å². The predicted molar refractivity (Wildman–Crippen MR) is 74.6 cm³/mol. The molecule has 0 amide bonds. The third-order valence-electron chi connectivity index (χ3n) is 2.67. The molecule has 0 bridgehead atoms. The average molecular weight is 313 g/mol. The summed E-state index contributed by atoms with van der Waals surface area (Å²) >= 11 is 0.708. The molecule has 4 N–H and O–H groups in total. The van der Waals surface area contributed by atoms with Crippen molar-refractivity contribution in [1.82, 2.24) is 14.8 Å². The van der Waals surface area contributed by atoms with Crippen molar-refractivity contribution in [3.63, 3.8) is 0 Å². The Kier molecular flexibility index (Phi) is 4.41. The number of aromatic amines is 1. The van der Waals surface area contributed by atoms with Crippen LogP contribution >= 0.6 is 11.8 Å². The molecule has 0 aliphatic carbocycles. The second-order valence-corrected chi connectivity index (χ2v) is 5.23. The molecule has 0 unspecified atom stereocenters. The van der Waals surface area contributed by atoms with Crippen LogP contribution in [0.1, 0.15) is 18.9 Å². The number of benzene rings is 1. The number of nitrogen functional groups attached to an aromatic ring is 1. The number of amidine groups is 1. The van der Waals surface area contributed by atoms with Gasteiger partial charge in [-0.2, -0.15) is 0 Å². The molecule has 1 heterocycles. The van der Waals surface area contributed by atoms with E-state index in [9.17, 15) is 13.6 Å². The van der Waals surface area contributed by atoms with Crippen molar-refractivity contribution < 1.29 is 8.78 Å². The van der Waals surface area contributed by atoms with Gasteiger partial charge in [0.05, 0.1) is 4.90 Å². The van der Waals surface area contributed by atoms with Crippen LogP contribution in [0, 0.1) is 17.0 Å². The van der Waals surface area contributed by atoms with E-state index in [0.29, 0.717) is 24.7 Å². The predicted octanol–water partition coefficient (Wildman–Crippen LogP) is 1.69. The standard InChI is InChI=1S/C12H13F2N5OS/c1-2-3-19-11(20)17-18-12(19)21-9-7(13)4-6(10(15)16)5-8(9)14/h4-5H,2-3H2,1H3,(H3,15,16)(H,17,20). The van der Waals surface area contributed by atoms with E-state index >= 15 is 0 Å². The first-order valence-electron chi connectivity index (χ1n) is 6.10. The van der Waals surface area contributed by atoms with Crippen molar-refractivity contribution in [2.24, 2.45) is 5.73 Å². The first kappa shape index (κ1) is 15.2. The van der Waals surface area contributed by atoms with Crippen LogP contribution in [-0.2, 0) is 6.54 Å². The summed E-state index contributed by atoms with van der Waals surface area (Å²) in [7, 11) is 0. The highest BCUT2D eigenvalue weighted by atomic mass is 32.2. The maximum atomic E-state index is 13.9. The lowest BCUT2D eigenvalue weighted by molar-refractivity contribution is 0.538. The van der Waals surface area contributed by atoms with Gasteiger partial charge in [0.15, 0.2) is 5.16 Å². The lowest BCUT2D eigenvalue weighted by atomic mass is 10.2. The molecule has 0 radical (unpaired) electrons. The molecule has 0 saturated carbocycles. The van der Waals surface area contributed by atoms with Crippen LogP contribution in [0.2, 0.25) is 0 Å². The zero-order chi connectivity index (χ0) is 15.6. The van der Waals surface area contributed by atoms with E-state index < -0.39 is 23.2 Å². The minimum Gasteiger partial charge on any atom is -0.384 e. The van der Waals surface area contributed by atoms with Crippen molar-refractivity contribution >= 4 is 17.6 Å². The van der Waals surface area contributed by atoms with Crippen molar-refractivity contribution in [2.75, 3.05) is 0 Å². The number of nitrogens with zero attached hydrogens (tertiary/aromatic N) is 2. The largest absolute Gasteiger partial charge is 0.384 e. The molecule has 0 aliphatic heterocycles. The molecule has 2 aromatic rings. The lowest BCUT2D eigenvalue weighted by Gasteiger charge is -2.07. The fourth-order valence-electron chi connectivity index (χ4n) is 1.71. The number of rotatable bonds is 5. The molecule has 1 aromatic carbocycles. The van der Waals surface area contributed by atoms with E-state index in [1.54, 1.807) is 0 Å². The smallest absolute Gasteiger partial charge is 0.343 e. The van der Waals surface area contributed by atoms with Crippen LogP contribution in [0.25, 0.3) is 0 Å². The normalized spacial score (nSPS) is 10.8. The fraction of sp³-hybridized carbons (Fsp3) is 0.250. The Hall–Kier alpha value is -2.16. The molecule has 0 spiro atoms. The second-order valence-electron chi connectivity index (χ2n) is 4.25. The highest BCUT2D eigenvalue weighted by Crippen LogP contribution is 2.31. The van der Waals surface area contributed by atoms with E-state index in [-0.39, 0.29) is 15.6 Å². The minimum atomic E-state index is -0.858. The Morgan fingerprint density at radius 3 is 2.62 bits per heavy atom. The Labute approximate surface area is 122 Å². The van der Waals surface area contributed by atoms with Crippen LogP contribution < -0.4 is 11.4 Å². The van der Waals surface area contributed by atoms with Crippen molar-refractivity contribution in [2.45, 2.75) is 29.9 Å². The molecular formula is C12H13F2N5OS. The zero-order valence-corrected chi connectivity index (χ0v) is 11.9. The zero-order valence-electron chi connectivity index (χ0n) is 11.1. The highest BCUT2D eigenvalue weighted by molar-refractivity contribution is 7.99. The molecule has 6 nitrogen and oxygen atoms in total. The van der Waals surface area contributed by atoms with Crippen LogP contribution in [0.15, 0.2) is 27.0 Å². The molecule has 0 aliphatic rings. The van der Waals surface area contributed by atoms with Gasteiger partial charge in [0.25, 0.3) is 0 Å². The van der Waals surface area contributed by atoms with Crippen molar-refractivity contribution in [1.29, 1.82) is 5.41 Å². The number of hydrogen-bond donors (Lipinski definition) is 3. The van der Waals surface area contributed by atoms with Gasteiger partial charge < -0.3 is 5.73 Å². The quantitative estimate of drug-likeness (QED) is 0.577. The van der Waals surface area contributed by atoms with Crippen LogP contribution in [0.3, 0.4) is 0 Å². The summed E-state index contributed by atoms with van der Waals surface area (Å²) in [5.74, 6) is -2.14. The summed E-state index contributed by atoms with van der Waals surface area (Å²) in [5, 5.41) is 13.4. The minimum absolute atomic E-state index is 0.0395. The number of hydrogen-bond acceptors (Lipinski definition) is 4. The summed E-state index contributed by atoms with van der Waals surface area (Å²) in [5.41, 5.74) is 4.73. The van der Waals surface area contributed by atoms with Gasteiger partial charge in [0, 0.05) is 12.1 Å². The number of H-pyrrole nitrogens is 1. The van der Waals surface area contributed by atoms with E-state index in [4.69, 9.17) is 11.1 Å². The third-order valence-corrected chi connectivity index (χ3v) is 3.76. The Balaban J connectivity index is 2.41. The SMILES string of the molecule is CCCn1c(Sc2c(F)cc(C(=N)N)cc2F)n[nH]c1=O. The maximum absolute atomic E-state index is 13.9. The van der Waals surface area contributed by atoms with Gasteiger partial charge in [0.2, 0.25) is 0 Å². The molecule has 9 heteroatoms. The van der Waals surface area contributed by atoms with E-state index in [0.717, 1.165) is 12.1 Å². The summed E-state index contributed by atoms with van der Waals surface area (Å²) in [6.45, 7) is 2.27. The number of nitrogens with two attached hydrogens (primary N) is 1. The Morgan fingerprint density at radius 1 is 1.48 bits per heavy atom. The second kappa shape index (κ2) is 6.08. The van der Waals surface area contributed by atoms with E-state index in [2.05, 4.69) is 10.2 Å². The molecule has 0 atom stereocenters. The third kappa shape index (κ3) is 3.13. The summed E-state index contributed by atoms with van der Waals surface area (Å²) in [6, 6.07) is 1.95. The van der Waals surface area contributed by atoms with Gasteiger partial charge in [-0.1, -0.05) is 6.92 Å².